The van der Waals surface area contributed by atoms with Crippen LogP contribution in [-0.4, -0.2) is 24.2 Å². The number of hydrogen-bond donors (Lipinski definition) is 2. The lowest BCUT2D eigenvalue weighted by Gasteiger charge is -2.25. The van der Waals surface area contributed by atoms with E-state index in [0.29, 0.717) is 0 Å². The molecule has 0 radical (unpaired) electrons. The Kier molecular flexibility index (Phi) is 7.77. The van der Waals surface area contributed by atoms with Gasteiger partial charge in [-0.3, -0.25) is 0 Å². The van der Waals surface area contributed by atoms with Crippen LogP contribution in [-0.2, 0) is 0 Å². The van der Waals surface area contributed by atoms with Gasteiger partial charge in [0.15, 0.2) is 0 Å². The monoisotopic (exact) mass is 276 g/mol. The lowest BCUT2D eigenvalue weighted by molar-refractivity contribution is 0.435. The average molecular weight is 276 g/mol. The zero-order valence-corrected chi connectivity index (χ0v) is 14.1. The Balaban J connectivity index is 4.98. The molecule has 114 valence electrons. The van der Waals surface area contributed by atoms with Crippen molar-refractivity contribution in [3.63, 3.8) is 0 Å². The van der Waals surface area contributed by atoms with Gasteiger partial charge in [0.05, 0.1) is 0 Å². The van der Waals surface area contributed by atoms with Gasteiger partial charge < -0.3 is 10.6 Å². The molecule has 0 aromatic rings. The van der Waals surface area contributed by atoms with E-state index in [1.807, 2.05) is 12.2 Å². The zero-order chi connectivity index (χ0) is 15.8. The first-order chi connectivity index (χ1) is 9.09. The van der Waals surface area contributed by atoms with Crippen LogP contribution in [0.1, 0.15) is 41.5 Å². The maximum Gasteiger partial charge on any atom is 0.0213 e. The van der Waals surface area contributed by atoms with Gasteiger partial charge in [-0.1, -0.05) is 37.5 Å². The number of hydrogen-bond acceptors (Lipinski definition) is 2. The maximum absolute atomic E-state index is 3.82. The average Bonchev–Trinajstić information content (AvgIpc) is 2.28. The van der Waals surface area contributed by atoms with Crippen LogP contribution < -0.4 is 10.6 Å². The first-order valence-corrected chi connectivity index (χ1v) is 7.22. The summed E-state index contributed by atoms with van der Waals surface area (Å²) in [6.45, 7) is 22.3. The zero-order valence-electron chi connectivity index (χ0n) is 14.1. The molecule has 0 heterocycles. The minimum absolute atomic E-state index is 0.0943. The van der Waals surface area contributed by atoms with E-state index < -0.39 is 0 Å². The fourth-order valence-electron chi connectivity index (χ4n) is 1.56. The van der Waals surface area contributed by atoms with Crippen LogP contribution in [0.2, 0.25) is 0 Å². The van der Waals surface area contributed by atoms with Gasteiger partial charge in [-0.15, -0.1) is 0 Å². The smallest absolute Gasteiger partial charge is 0.0213 e. The summed E-state index contributed by atoms with van der Waals surface area (Å²) in [7, 11) is 0. The first kappa shape index (κ1) is 18.9. The molecule has 2 N–H and O–H groups in total. The maximum atomic E-state index is 3.82. The fraction of sp³-hybridized carbons (Fsp3) is 0.556. The topological polar surface area (TPSA) is 24.1 Å². The molecule has 2 heteroatoms. The number of allylic oxidation sites excluding steroid dienone is 4. The molecule has 0 aromatic heterocycles. The van der Waals surface area contributed by atoms with Crippen LogP contribution in [0.15, 0.2) is 48.6 Å². The molecule has 0 atom stereocenters. The van der Waals surface area contributed by atoms with E-state index in [1.165, 1.54) is 11.1 Å². The molecule has 0 bridgehead atoms. The highest BCUT2D eigenvalue weighted by Gasteiger charge is 2.14. The third-order valence-electron chi connectivity index (χ3n) is 2.67. The van der Waals surface area contributed by atoms with Gasteiger partial charge >= 0.3 is 0 Å². The van der Waals surface area contributed by atoms with Crippen LogP contribution in [0.5, 0.6) is 0 Å². The molecule has 0 saturated heterocycles. The highest BCUT2D eigenvalue weighted by molar-refractivity contribution is 5.38. The molecule has 0 rings (SSSR count). The second-order valence-electron chi connectivity index (χ2n) is 7.06. The van der Waals surface area contributed by atoms with Crippen molar-refractivity contribution in [2.24, 2.45) is 0 Å². The van der Waals surface area contributed by atoms with Gasteiger partial charge in [-0.05, 0) is 52.7 Å². The Morgan fingerprint density at radius 3 is 1.25 bits per heavy atom. The largest absolute Gasteiger partial charge is 0.308 e. The predicted molar refractivity (Wildman–Crippen MR) is 92.1 cm³/mol. The van der Waals surface area contributed by atoms with Gasteiger partial charge in [-0.25, -0.2) is 0 Å². The van der Waals surface area contributed by atoms with Crippen molar-refractivity contribution in [2.45, 2.75) is 52.6 Å². The Morgan fingerprint density at radius 2 is 1.05 bits per heavy atom. The van der Waals surface area contributed by atoms with Gasteiger partial charge in [0.2, 0.25) is 0 Å². The molecule has 2 nitrogen and oxygen atoms in total. The summed E-state index contributed by atoms with van der Waals surface area (Å²) >= 11 is 0. The van der Waals surface area contributed by atoms with Crippen molar-refractivity contribution in [1.82, 2.24) is 10.6 Å². The van der Waals surface area contributed by atoms with E-state index in [2.05, 4.69) is 77.5 Å². The van der Waals surface area contributed by atoms with Crippen molar-refractivity contribution < 1.29 is 0 Å². The summed E-state index contributed by atoms with van der Waals surface area (Å²) in [5, 5.41) is 7.05. The Bertz CT molecular complexity index is 335. The van der Waals surface area contributed by atoms with Crippen molar-refractivity contribution in [3.05, 3.63) is 48.6 Å². The van der Waals surface area contributed by atoms with Crippen LogP contribution in [0.3, 0.4) is 0 Å². The molecule has 0 fully saturated rings. The van der Waals surface area contributed by atoms with E-state index in [0.717, 1.165) is 13.1 Å². The molecule has 0 amide bonds. The minimum atomic E-state index is 0.0943. The lowest BCUT2D eigenvalue weighted by atomic mass is 10.0. The summed E-state index contributed by atoms with van der Waals surface area (Å²) in [4.78, 5) is 0. The normalized spacial score (nSPS) is 14.3. The quantitative estimate of drug-likeness (QED) is 0.687. The molecule has 20 heavy (non-hydrogen) atoms. The molecule has 0 aliphatic rings. The van der Waals surface area contributed by atoms with E-state index in [1.54, 1.807) is 0 Å². The standard InChI is InChI=1S/C18H32N2/c1-9-11-15(13-19-17(3,4)5)16(12-10-2)14-20-18(6,7)8/h9-12,19-20H,1-2,13-14H2,3-8H3/b15-11-,16-12-. The van der Waals surface area contributed by atoms with Gasteiger partial charge in [0, 0.05) is 24.2 Å². The van der Waals surface area contributed by atoms with Gasteiger partial charge in [-0.2, -0.15) is 0 Å². The Hall–Kier alpha value is -1.12. The summed E-state index contributed by atoms with van der Waals surface area (Å²) in [6, 6.07) is 0. The van der Waals surface area contributed by atoms with E-state index in [9.17, 15) is 0 Å². The Morgan fingerprint density at radius 1 is 0.750 bits per heavy atom. The summed E-state index contributed by atoms with van der Waals surface area (Å²) < 4.78 is 0. The van der Waals surface area contributed by atoms with Crippen LogP contribution in [0.25, 0.3) is 0 Å². The summed E-state index contributed by atoms with van der Waals surface area (Å²) in [6.07, 6.45) is 7.82. The molecular weight excluding hydrogens is 244 g/mol. The highest BCUT2D eigenvalue weighted by atomic mass is 15.0. The lowest BCUT2D eigenvalue weighted by Crippen LogP contribution is -2.40. The van der Waals surface area contributed by atoms with Crippen LogP contribution >= 0.6 is 0 Å². The fourth-order valence-corrected chi connectivity index (χ4v) is 1.56. The molecule has 0 aliphatic heterocycles. The van der Waals surface area contributed by atoms with Crippen molar-refractivity contribution in [1.29, 1.82) is 0 Å². The van der Waals surface area contributed by atoms with Crippen molar-refractivity contribution in [2.75, 3.05) is 13.1 Å². The van der Waals surface area contributed by atoms with Crippen LogP contribution in [0, 0.1) is 0 Å². The SMILES string of the molecule is C=C/C=C(CNC(C)(C)C)\C(=C/C=C)CNC(C)(C)C. The highest BCUT2D eigenvalue weighted by Crippen LogP contribution is 2.13. The molecule has 0 aliphatic carbocycles. The van der Waals surface area contributed by atoms with E-state index in [-0.39, 0.29) is 11.1 Å². The molecule has 0 saturated carbocycles. The Labute approximate surface area is 125 Å². The number of nitrogens with one attached hydrogen (secondary N) is 2. The molecule has 0 aromatic carbocycles. The van der Waals surface area contributed by atoms with Crippen molar-refractivity contribution in [3.8, 4) is 0 Å². The van der Waals surface area contributed by atoms with Gasteiger partial charge in [0.1, 0.15) is 0 Å². The second-order valence-corrected chi connectivity index (χ2v) is 7.06. The summed E-state index contributed by atoms with van der Waals surface area (Å²) in [5.41, 5.74) is 2.67. The summed E-state index contributed by atoms with van der Waals surface area (Å²) in [5.74, 6) is 0. The van der Waals surface area contributed by atoms with Crippen molar-refractivity contribution >= 4 is 0 Å². The third kappa shape index (κ3) is 9.76. The minimum Gasteiger partial charge on any atom is -0.308 e. The predicted octanol–water partition coefficient (Wildman–Crippen LogP) is 3.99. The molecular formula is C18H32N2. The van der Waals surface area contributed by atoms with Gasteiger partial charge in [0.25, 0.3) is 0 Å². The van der Waals surface area contributed by atoms with E-state index in [4.69, 9.17) is 0 Å². The van der Waals surface area contributed by atoms with E-state index >= 15 is 0 Å². The van der Waals surface area contributed by atoms with Crippen LogP contribution in [0.4, 0.5) is 0 Å². The molecule has 0 unspecified atom stereocenters. The molecule has 0 spiro atoms. The number of rotatable bonds is 7. The first-order valence-electron chi connectivity index (χ1n) is 7.22. The second kappa shape index (κ2) is 8.23. The third-order valence-corrected chi connectivity index (χ3v) is 2.67.